The summed E-state index contributed by atoms with van der Waals surface area (Å²) in [5.41, 5.74) is 3.41. The first-order valence-electron chi connectivity index (χ1n) is 5.49. The molecule has 0 aliphatic heterocycles. The Morgan fingerprint density at radius 3 is 2.67 bits per heavy atom. The van der Waals surface area contributed by atoms with Gasteiger partial charge in [-0.25, -0.2) is 10.8 Å². The maximum atomic E-state index is 13.4. The molecule has 2 aromatic rings. The van der Waals surface area contributed by atoms with Crippen LogP contribution in [-0.4, -0.2) is 9.97 Å². The molecule has 0 aliphatic carbocycles. The molecule has 0 atom stereocenters. The van der Waals surface area contributed by atoms with Crippen molar-refractivity contribution in [1.82, 2.24) is 9.97 Å². The van der Waals surface area contributed by atoms with Crippen molar-refractivity contribution >= 4 is 5.95 Å². The van der Waals surface area contributed by atoms with E-state index in [2.05, 4.69) is 22.3 Å². The first-order valence-corrected chi connectivity index (χ1v) is 5.49. The van der Waals surface area contributed by atoms with Crippen LogP contribution >= 0.6 is 0 Å². The zero-order chi connectivity index (χ0) is 13.0. The van der Waals surface area contributed by atoms with E-state index < -0.39 is 5.82 Å². The summed E-state index contributed by atoms with van der Waals surface area (Å²) < 4.78 is 18.7. The van der Waals surface area contributed by atoms with E-state index in [0.717, 1.165) is 12.6 Å². The van der Waals surface area contributed by atoms with E-state index in [1.165, 1.54) is 5.56 Å². The number of ether oxygens (including phenoxy) is 1. The van der Waals surface area contributed by atoms with Crippen LogP contribution in [0.4, 0.5) is 10.3 Å². The number of halogens is 1. The number of hydrogen-bond acceptors (Lipinski definition) is 5. The molecule has 0 bridgehead atoms. The predicted octanol–water partition coefficient (Wildman–Crippen LogP) is 2.26. The Balaban J connectivity index is 2.21. The normalized spacial score (nSPS) is 10.2. The highest BCUT2D eigenvalue weighted by molar-refractivity contribution is 5.33. The average molecular weight is 248 g/mol. The number of nitrogens with one attached hydrogen (secondary N) is 1. The summed E-state index contributed by atoms with van der Waals surface area (Å²) in [4.78, 5) is 7.41. The molecule has 0 spiro atoms. The number of hydrogen-bond donors (Lipinski definition) is 2. The van der Waals surface area contributed by atoms with Gasteiger partial charge in [0, 0.05) is 0 Å². The lowest BCUT2D eigenvalue weighted by atomic mass is 10.2. The van der Waals surface area contributed by atoms with Gasteiger partial charge in [-0.2, -0.15) is 9.37 Å². The number of benzene rings is 1. The molecule has 3 N–H and O–H groups in total. The van der Waals surface area contributed by atoms with Gasteiger partial charge in [0.1, 0.15) is 5.75 Å². The smallest absolute Gasteiger partial charge is 0.260 e. The third-order valence-electron chi connectivity index (χ3n) is 2.39. The Kier molecular flexibility index (Phi) is 3.69. The molecular weight excluding hydrogens is 235 g/mol. The van der Waals surface area contributed by atoms with Crippen molar-refractivity contribution < 1.29 is 9.13 Å². The number of aromatic nitrogens is 2. The second-order valence-corrected chi connectivity index (χ2v) is 3.59. The summed E-state index contributed by atoms with van der Waals surface area (Å²) >= 11 is 0. The standard InChI is InChI=1S/C12H13FN4O/c1-2-8-3-5-9(6-4-8)18-11-10(13)7-15-12(16-11)17-14/h3-7H,2,14H2,1H3,(H,15,16,17). The molecule has 0 aliphatic rings. The van der Waals surface area contributed by atoms with Crippen molar-refractivity contribution in [3.05, 3.63) is 41.8 Å². The zero-order valence-electron chi connectivity index (χ0n) is 9.85. The van der Waals surface area contributed by atoms with Crippen LogP contribution in [0.2, 0.25) is 0 Å². The number of rotatable bonds is 4. The Bertz CT molecular complexity index is 530. The fraction of sp³-hybridized carbons (Fsp3) is 0.167. The minimum atomic E-state index is -0.645. The lowest BCUT2D eigenvalue weighted by Crippen LogP contribution is -2.11. The van der Waals surface area contributed by atoms with E-state index in [1.54, 1.807) is 12.1 Å². The van der Waals surface area contributed by atoms with Crippen molar-refractivity contribution in [2.45, 2.75) is 13.3 Å². The third kappa shape index (κ3) is 2.72. The largest absolute Gasteiger partial charge is 0.436 e. The summed E-state index contributed by atoms with van der Waals surface area (Å²) in [6, 6.07) is 7.35. The molecule has 0 unspecified atom stereocenters. The Hall–Kier alpha value is -2.21. The lowest BCUT2D eigenvalue weighted by Gasteiger charge is -2.07. The lowest BCUT2D eigenvalue weighted by molar-refractivity contribution is 0.420. The summed E-state index contributed by atoms with van der Waals surface area (Å²) in [5.74, 6) is 4.94. The number of aryl methyl sites for hydroxylation is 1. The molecule has 94 valence electrons. The molecule has 5 nitrogen and oxygen atoms in total. The second kappa shape index (κ2) is 5.42. The van der Waals surface area contributed by atoms with Crippen LogP contribution in [0.1, 0.15) is 12.5 Å². The van der Waals surface area contributed by atoms with E-state index in [4.69, 9.17) is 10.6 Å². The van der Waals surface area contributed by atoms with Crippen LogP contribution in [0.5, 0.6) is 11.6 Å². The topological polar surface area (TPSA) is 73.1 Å². The van der Waals surface area contributed by atoms with E-state index in [9.17, 15) is 4.39 Å². The Labute approximate surface area is 104 Å². The Morgan fingerprint density at radius 1 is 1.33 bits per heavy atom. The van der Waals surface area contributed by atoms with Gasteiger partial charge in [-0.05, 0) is 24.1 Å². The monoisotopic (exact) mass is 248 g/mol. The number of hydrazine groups is 1. The Morgan fingerprint density at radius 2 is 2.06 bits per heavy atom. The van der Waals surface area contributed by atoms with Crippen LogP contribution in [0.25, 0.3) is 0 Å². The van der Waals surface area contributed by atoms with Gasteiger partial charge in [0.25, 0.3) is 5.88 Å². The molecule has 0 saturated carbocycles. The minimum Gasteiger partial charge on any atom is -0.436 e. The first kappa shape index (κ1) is 12.3. The van der Waals surface area contributed by atoms with Gasteiger partial charge in [-0.3, -0.25) is 5.43 Å². The molecule has 0 saturated heterocycles. The number of nitrogens with two attached hydrogens (primary N) is 1. The highest BCUT2D eigenvalue weighted by Crippen LogP contribution is 2.23. The number of nitrogens with zero attached hydrogens (tertiary/aromatic N) is 2. The minimum absolute atomic E-state index is 0.0941. The SMILES string of the molecule is CCc1ccc(Oc2nc(NN)ncc2F)cc1. The van der Waals surface area contributed by atoms with Gasteiger partial charge in [-0.15, -0.1) is 0 Å². The number of nitrogen functional groups attached to an aromatic ring is 1. The summed E-state index contributed by atoms with van der Waals surface area (Å²) in [6.07, 6.45) is 1.93. The molecule has 1 aromatic carbocycles. The third-order valence-corrected chi connectivity index (χ3v) is 2.39. The van der Waals surface area contributed by atoms with Gasteiger partial charge in [0.2, 0.25) is 11.8 Å². The molecule has 2 rings (SSSR count). The summed E-state index contributed by atoms with van der Waals surface area (Å²) in [7, 11) is 0. The van der Waals surface area contributed by atoms with Crippen molar-refractivity contribution in [3.63, 3.8) is 0 Å². The van der Waals surface area contributed by atoms with Gasteiger partial charge in [0.15, 0.2) is 0 Å². The molecule has 0 fully saturated rings. The highest BCUT2D eigenvalue weighted by atomic mass is 19.1. The van der Waals surface area contributed by atoms with Crippen molar-refractivity contribution in [1.29, 1.82) is 0 Å². The second-order valence-electron chi connectivity index (χ2n) is 3.59. The van der Waals surface area contributed by atoms with Crippen LogP contribution < -0.4 is 16.0 Å². The highest BCUT2D eigenvalue weighted by Gasteiger charge is 2.08. The van der Waals surface area contributed by atoms with E-state index in [0.29, 0.717) is 5.75 Å². The molecule has 18 heavy (non-hydrogen) atoms. The van der Waals surface area contributed by atoms with Gasteiger partial charge >= 0.3 is 0 Å². The average Bonchev–Trinajstić information content (AvgIpc) is 2.42. The zero-order valence-corrected chi connectivity index (χ0v) is 9.85. The van der Waals surface area contributed by atoms with Crippen LogP contribution in [0.3, 0.4) is 0 Å². The van der Waals surface area contributed by atoms with Crippen molar-refractivity contribution in [2.24, 2.45) is 5.84 Å². The van der Waals surface area contributed by atoms with E-state index >= 15 is 0 Å². The van der Waals surface area contributed by atoms with Gasteiger partial charge in [-0.1, -0.05) is 19.1 Å². The first-order chi connectivity index (χ1) is 8.72. The van der Waals surface area contributed by atoms with Crippen LogP contribution in [0, 0.1) is 5.82 Å². The maximum absolute atomic E-state index is 13.4. The molecule has 1 aromatic heterocycles. The fourth-order valence-electron chi connectivity index (χ4n) is 1.40. The van der Waals surface area contributed by atoms with Crippen molar-refractivity contribution in [2.75, 3.05) is 5.43 Å². The molecule has 6 heteroatoms. The van der Waals surface area contributed by atoms with Crippen LogP contribution in [-0.2, 0) is 6.42 Å². The molecule has 0 amide bonds. The summed E-state index contributed by atoms with van der Waals surface area (Å²) in [6.45, 7) is 2.05. The molecule has 0 radical (unpaired) electrons. The van der Waals surface area contributed by atoms with Crippen LogP contribution in [0.15, 0.2) is 30.5 Å². The van der Waals surface area contributed by atoms with E-state index in [1.807, 2.05) is 12.1 Å². The molecular formula is C12H13FN4O. The summed E-state index contributed by atoms with van der Waals surface area (Å²) in [5, 5.41) is 0. The fourth-order valence-corrected chi connectivity index (χ4v) is 1.40. The van der Waals surface area contributed by atoms with Crippen molar-refractivity contribution in [3.8, 4) is 11.6 Å². The number of anilines is 1. The van der Waals surface area contributed by atoms with Gasteiger partial charge in [0.05, 0.1) is 6.20 Å². The maximum Gasteiger partial charge on any atom is 0.260 e. The quantitative estimate of drug-likeness (QED) is 0.641. The predicted molar refractivity (Wildman–Crippen MR) is 65.7 cm³/mol. The van der Waals surface area contributed by atoms with E-state index in [-0.39, 0.29) is 11.8 Å². The van der Waals surface area contributed by atoms with Gasteiger partial charge < -0.3 is 4.74 Å². The molecule has 1 heterocycles.